The monoisotopic (exact) mass is 291 g/mol. The Hall–Kier alpha value is -1.55. The largest absolute Gasteiger partial charge is 0.483 e. The van der Waals surface area contributed by atoms with E-state index >= 15 is 0 Å². The maximum absolute atomic E-state index is 11.8. The smallest absolute Gasteiger partial charge is 0.258 e. The van der Waals surface area contributed by atoms with Gasteiger partial charge in [-0.1, -0.05) is 26.0 Å². The van der Waals surface area contributed by atoms with E-state index in [1.165, 1.54) is 5.56 Å². The normalized spacial score (nSPS) is 16.4. The van der Waals surface area contributed by atoms with Crippen LogP contribution in [0.15, 0.2) is 18.2 Å². The lowest BCUT2D eigenvalue weighted by Gasteiger charge is -2.36. The Morgan fingerprint density at radius 1 is 1.43 bits per heavy atom. The standard InChI is InChI=1S/C17H25NO3/c1-12(2)14-6-5-13(3)15(9-14)21-10-16(19)18-11-17(20)7-4-8-17/h5-6,9,12,20H,4,7-8,10-11H2,1-3H3,(H,18,19). The molecule has 21 heavy (non-hydrogen) atoms. The summed E-state index contributed by atoms with van der Waals surface area (Å²) >= 11 is 0. The summed E-state index contributed by atoms with van der Waals surface area (Å²) in [6, 6.07) is 6.09. The lowest BCUT2D eigenvalue weighted by Crippen LogP contribution is -2.48. The molecule has 1 amide bonds. The molecule has 0 aromatic heterocycles. The number of amides is 1. The Morgan fingerprint density at radius 2 is 2.14 bits per heavy atom. The van der Waals surface area contributed by atoms with Crippen LogP contribution in [0.1, 0.15) is 50.2 Å². The second-order valence-corrected chi connectivity index (χ2v) is 6.32. The van der Waals surface area contributed by atoms with Crippen LogP contribution in [0, 0.1) is 6.92 Å². The van der Waals surface area contributed by atoms with Crippen molar-refractivity contribution in [1.82, 2.24) is 5.32 Å². The lowest BCUT2D eigenvalue weighted by atomic mass is 9.80. The van der Waals surface area contributed by atoms with Crippen LogP contribution < -0.4 is 10.1 Å². The Balaban J connectivity index is 1.84. The van der Waals surface area contributed by atoms with Gasteiger partial charge in [-0.15, -0.1) is 0 Å². The number of benzene rings is 1. The predicted molar refractivity (Wildman–Crippen MR) is 82.6 cm³/mol. The molecule has 1 aliphatic rings. The number of hydrogen-bond acceptors (Lipinski definition) is 3. The molecule has 0 spiro atoms. The van der Waals surface area contributed by atoms with Crippen molar-refractivity contribution in [2.75, 3.05) is 13.2 Å². The van der Waals surface area contributed by atoms with Crippen molar-refractivity contribution in [2.45, 2.75) is 51.6 Å². The van der Waals surface area contributed by atoms with Crippen LogP contribution >= 0.6 is 0 Å². The van der Waals surface area contributed by atoms with E-state index in [0.717, 1.165) is 30.6 Å². The topological polar surface area (TPSA) is 58.6 Å². The minimum absolute atomic E-state index is 0.0154. The molecule has 0 unspecified atom stereocenters. The fourth-order valence-corrected chi connectivity index (χ4v) is 2.35. The van der Waals surface area contributed by atoms with Gasteiger partial charge in [-0.25, -0.2) is 0 Å². The summed E-state index contributed by atoms with van der Waals surface area (Å²) in [5.41, 5.74) is 1.52. The van der Waals surface area contributed by atoms with Crippen molar-refractivity contribution in [2.24, 2.45) is 0 Å². The molecule has 1 fully saturated rings. The highest BCUT2D eigenvalue weighted by molar-refractivity contribution is 5.77. The molecule has 0 saturated heterocycles. The first kappa shape index (κ1) is 15.8. The van der Waals surface area contributed by atoms with Gasteiger partial charge in [0.15, 0.2) is 6.61 Å². The SMILES string of the molecule is Cc1ccc(C(C)C)cc1OCC(=O)NCC1(O)CCC1. The van der Waals surface area contributed by atoms with Crippen LogP contribution in [0.2, 0.25) is 0 Å². The van der Waals surface area contributed by atoms with Crippen molar-refractivity contribution in [3.8, 4) is 5.75 Å². The van der Waals surface area contributed by atoms with Crippen molar-refractivity contribution in [1.29, 1.82) is 0 Å². The first-order valence-corrected chi connectivity index (χ1v) is 7.62. The zero-order valence-corrected chi connectivity index (χ0v) is 13.1. The quantitative estimate of drug-likeness (QED) is 0.846. The summed E-state index contributed by atoms with van der Waals surface area (Å²) in [5.74, 6) is 0.984. The first-order chi connectivity index (χ1) is 9.89. The summed E-state index contributed by atoms with van der Waals surface area (Å²) < 4.78 is 5.61. The third-order valence-corrected chi connectivity index (χ3v) is 4.14. The maximum Gasteiger partial charge on any atom is 0.258 e. The van der Waals surface area contributed by atoms with Gasteiger partial charge in [0, 0.05) is 6.54 Å². The van der Waals surface area contributed by atoms with Crippen molar-refractivity contribution >= 4 is 5.91 Å². The van der Waals surface area contributed by atoms with Crippen molar-refractivity contribution < 1.29 is 14.6 Å². The highest BCUT2D eigenvalue weighted by Crippen LogP contribution is 2.30. The summed E-state index contributed by atoms with van der Waals surface area (Å²) in [7, 11) is 0. The number of ether oxygens (including phenoxy) is 1. The zero-order valence-electron chi connectivity index (χ0n) is 13.1. The van der Waals surface area contributed by atoms with E-state index in [0.29, 0.717) is 12.5 Å². The fraction of sp³-hybridized carbons (Fsp3) is 0.588. The van der Waals surface area contributed by atoms with Gasteiger partial charge < -0.3 is 15.2 Å². The number of rotatable bonds is 6. The van der Waals surface area contributed by atoms with Gasteiger partial charge in [0.1, 0.15) is 5.75 Å². The molecular weight excluding hydrogens is 266 g/mol. The van der Waals surface area contributed by atoms with Crippen molar-refractivity contribution in [3.05, 3.63) is 29.3 Å². The molecule has 4 heteroatoms. The van der Waals surface area contributed by atoms with Crippen LogP contribution in [0.4, 0.5) is 0 Å². The molecule has 2 rings (SSSR count). The molecular formula is C17H25NO3. The molecule has 4 nitrogen and oxygen atoms in total. The number of nitrogens with one attached hydrogen (secondary N) is 1. The van der Waals surface area contributed by atoms with Crippen LogP contribution in [0.3, 0.4) is 0 Å². The predicted octanol–water partition coefficient (Wildman–Crippen LogP) is 2.53. The van der Waals surface area contributed by atoms with E-state index in [4.69, 9.17) is 4.74 Å². The minimum Gasteiger partial charge on any atom is -0.483 e. The molecule has 2 N–H and O–H groups in total. The highest BCUT2D eigenvalue weighted by Gasteiger charge is 2.34. The summed E-state index contributed by atoms with van der Waals surface area (Å²) in [6.45, 7) is 6.52. The number of aryl methyl sites for hydroxylation is 1. The third kappa shape index (κ3) is 4.21. The fourth-order valence-electron chi connectivity index (χ4n) is 2.35. The Kier molecular flexibility index (Phi) is 4.88. The average molecular weight is 291 g/mol. The number of carbonyl (C=O) groups is 1. The third-order valence-electron chi connectivity index (χ3n) is 4.14. The molecule has 1 aromatic rings. The molecule has 116 valence electrons. The Morgan fingerprint density at radius 3 is 2.71 bits per heavy atom. The highest BCUT2D eigenvalue weighted by atomic mass is 16.5. The van der Waals surface area contributed by atoms with Crippen LogP contribution in [-0.4, -0.2) is 29.8 Å². The molecule has 1 saturated carbocycles. The molecule has 0 bridgehead atoms. The van der Waals surface area contributed by atoms with Gasteiger partial charge in [-0.3, -0.25) is 4.79 Å². The summed E-state index contributed by atoms with van der Waals surface area (Å²) in [6.07, 6.45) is 2.57. The van der Waals surface area contributed by atoms with Crippen molar-refractivity contribution in [3.63, 3.8) is 0 Å². The Labute approximate surface area is 126 Å². The van der Waals surface area contributed by atoms with Crippen LogP contribution in [0.25, 0.3) is 0 Å². The maximum atomic E-state index is 11.8. The van der Waals surface area contributed by atoms with E-state index in [-0.39, 0.29) is 12.5 Å². The number of carbonyl (C=O) groups excluding carboxylic acids is 1. The van der Waals surface area contributed by atoms with E-state index in [9.17, 15) is 9.90 Å². The summed E-state index contributed by atoms with van der Waals surface area (Å²) in [5, 5.41) is 12.7. The molecule has 0 aliphatic heterocycles. The number of aliphatic hydroxyl groups is 1. The molecule has 0 radical (unpaired) electrons. The Bertz CT molecular complexity index is 507. The van der Waals surface area contributed by atoms with Gasteiger partial charge in [0.05, 0.1) is 5.60 Å². The molecule has 1 aromatic carbocycles. The van der Waals surface area contributed by atoms with Crippen LogP contribution in [0.5, 0.6) is 5.75 Å². The second-order valence-electron chi connectivity index (χ2n) is 6.32. The van der Waals surface area contributed by atoms with Gasteiger partial charge in [-0.2, -0.15) is 0 Å². The summed E-state index contributed by atoms with van der Waals surface area (Å²) in [4.78, 5) is 11.8. The second kappa shape index (κ2) is 6.48. The minimum atomic E-state index is -0.691. The lowest BCUT2D eigenvalue weighted by molar-refractivity contribution is -0.125. The zero-order chi connectivity index (χ0) is 15.5. The van der Waals surface area contributed by atoms with E-state index in [1.807, 2.05) is 19.1 Å². The van der Waals surface area contributed by atoms with Gasteiger partial charge in [-0.05, 0) is 49.3 Å². The number of hydrogen-bond donors (Lipinski definition) is 2. The molecule has 0 atom stereocenters. The van der Waals surface area contributed by atoms with E-state index in [1.54, 1.807) is 0 Å². The molecule has 0 heterocycles. The average Bonchev–Trinajstić information content (AvgIpc) is 2.41. The van der Waals surface area contributed by atoms with Gasteiger partial charge in [0.2, 0.25) is 0 Å². The van der Waals surface area contributed by atoms with Gasteiger partial charge in [0.25, 0.3) is 5.91 Å². The van der Waals surface area contributed by atoms with E-state index < -0.39 is 5.60 Å². The first-order valence-electron chi connectivity index (χ1n) is 7.62. The van der Waals surface area contributed by atoms with E-state index in [2.05, 4.69) is 25.2 Å². The van der Waals surface area contributed by atoms with Crippen LogP contribution in [-0.2, 0) is 4.79 Å². The molecule has 1 aliphatic carbocycles. The van der Waals surface area contributed by atoms with Gasteiger partial charge >= 0.3 is 0 Å².